The summed E-state index contributed by atoms with van der Waals surface area (Å²) in [7, 11) is 0. The molecule has 0 saturated carbocycles. The van der Waals surface area contributed by atoms with Crippen molar-refractivity contribution in [3.05, 3.63) is 0 Å². The molecular weight excluding hydrogens is 516 g/mol. The van der Waals surface area contributed by atoms with E-state index in [4.69, 9.17) is 28.4 Å². The standard InChI is InChI=1S/C23H48O9S3/c1-23(17-30-8-2-5-27-11-20(24)14-33,18-31-9-3-6-28-12-21(25)15-34)19-32-10-4-7-29-13-22(26)16-35/h20-22,24-26,33-35H,2-19H2,1H3. The van der Waals surface area contributed by atoms with Gasteiger partial charge in [0, 0.05) is 62.3 Å². The third kappa shape index (κ3) is 23.5. The van der Waals surface area contributed by atoms with Crippen molar-refractivity contribution in [2.75, 3.05) is 96.5 Å². The number of aliphatic hydroxyl groups excluding tert-OH is 3. The Bertz CT molecular complexity index is 393. The number of ether oxygens (including phenoxy) is 6. The Balaban J connectivity index is 4.18. The molecule has 212 valence electrons. The summed E-state index contributed by atoms with van der Waals surface area (Å²) in [6.45, 7) is 7.46. The predicted octanol–water partition coefficient (Wildman–Crippen LogP) is 1.13. The maximum absolute atomic E-state index is 9.44. The Morgan fingerprint density at radius 2 is 0.771 bits per heavy atom. The van der Waals surface area contributed by atoms with Gasteiger partial charge in [-0.05, 0) is 19.3 Å². The van der Waals surface area contributed by atoms with E-state index in [0.29, 0.717) is 76.7 Å². The first-order chi connectivity index (χ1) is 16.9. The fourth-order valence-electron chi connectivity index (χ4n) is 2.69. The highest BCUT2D eigenvalue weighted by Crippen LogP contribution is 2.19. The van der Waals surface area contributed by atoms with Crippen molar-refractivity contribution in [3.8, 4) is 0 Å². The summed E-state index contributed by atoms with van der Waals surface area (Å²) >= 11 is 12.0. The summed E-state index contributed by atoms with van der Waals surface area (Å²) in [5, 5.41) is 28.3. The molecule has 9 nitrogen and oxygen atoms in total. The minimum atomic E-state index is -0.547. The fraction of sp³-hybridized carbons (Fsp3) is 1.00. The molecule has 0 aliphatic carbocycles. The molecule has 0 saturated heterocycles. The highest BCUT2D eigenvalue weighted by atomic mass is 32.1. The molecule has 0 fully saturated rings. The Kier molecular flexibility index (Phi) is 25.5. The first-order valence-corrected chi connectivity index (χ1v) is 14.1. The average Bonchev–Trinajstić information content (AvgIpc) is 2.86. The van der Waals surface area contributed by atoms with E-state index in [1.807, 2.05) is 0 Å². The topological polar surface area (TPSA) is 116 Å². The first-order valence-electron chi connectivity index (χ1n) is 12.2. The smallest absolute Gasteiger partial charge is 0.0861 e. The number of thiol groups is 3. The third-order valence-electron chi connectivity index (χ3n) is 4.65. The second-order valence-electron chi connectivity index (χ2n) is 8.76. The fourth-order valence-corrected chi connectivity index (χ4v) is 3.00. The van der Waals surface area contributed by atoms with Crippen LogP contribution < -0.4 is 0 Å². The largest absolute Gasteiger partial charge is 0.390 e. The molecule has 0 spiro atoms. The Labute approximate surface area is 227 Å². The van der Waals surface area contributed by atoms with Crippen LogP contribution in [0.4, 0.5) is 0 Å². The average molecular weight is 565 g/mol. The van der Waals surface area contributed by atoms with Crippen molar-refractivity contribution in [1.82, 2.24) is 0 Å². The lowest BCUT2D eigenvalue weighted by molar-refractivity contribution is -0.0677. The minimum Gasteiger partial charge on any atom is -0.390 e. The summed E-state index contributed by atoms with van der Waals surface area (Å²) in [6.07, 6.45) is 0.530. The van der Waals surface area contributed by atoms with E-state index in [1.165, 1.54) is 0 Å². The monoisotopic (exact) mass is 564 g/mol. The van der Waals surface area contributed by atoms with E-state index in [1.54, 1.807) is 0 Å². The van der Waals surface area contributed by atoms with Gasteiger partial charge in [0.15, 0.2) is 0 Å². The van der Waals surface area contributed by atoms with Crippen LogP contribution in [0.15, 0.2) is 0 Å². The van der Waals surface area contributed by atoms with Crippen LogP contribution in [0.25, 0.3) is 0 Å². The lowest BCUT2D eigenvalue weighted by Gasteiger charge is -2.29. The van der Waals surface area contributed by atoms with E-state index in [2.05, 4.69) is 44.8 Å². The maximum Gasteiger partial charge on any atom is 0.0861 e. The predicted molar refractivity (Wildman–Crippen MR) is 146 cm³/mol. The number of hydrogen-bond acceptors (Lipinski definition) is 12. The molecule has 35 heavy (non-hydrogen) atoms. The van der Waals surface area contributed by atoms with Crippen molar-refractivity contribution < 1.29 is 43.7 Å². The van der Waals surface area contributed by atoms with Gasteiger partial charge >= 0.3 is 0 Å². The molecule has 0 radical (unpaired) electrons. The highest BCUT2D eigenvalue weighted by molar-refractivity contribution is 7.80. The van der Waals surface area contributed by atoms with Gasteiger partial charge in [0.2, 0.25) is 0 Å². The Hall–Kier alpha value is 0.690. The van der Waals surface area contributed by atoms with Crippen LogP contribution in [-0.2, 0) is 28.4 Å². The molecule has 3 unspecified atom stereocenters. The highest BCUT2D eigenvalue weighted by Gasteiger charge is 2.26. The van der Waals surface area contributed by atoms with Gasteiger partial charge < -0.3 is 43.7 Å². The maximum atomic E-state index is 9.44. The number of rotatable bonds is 27. The molecule has 0 amide bonds. The second kappa shape index (κ2) is 25.0. The number of hydrogen-bond donors (Lipinski definition) is 6. The van der Waals surface area contributed by atoms with Crippen molar-refractivity contribution >= 4 is 37.9 Å². The number of aliphatic hydroxyl groups is 3. The lowest BCUT2D eigenvalue weighted by Crippen LogP contribution is -2.35. The quantitative estimate of drug-likeness (QED) is 0.0645. The van der Waals surface area contributed by atoms with E-state index in [0.717, 1.165) is 19.3 Å². The summed E-state index contributed by atoms with van der Waals surface area (Å²) in [5.41, 5.74) is -0.324. The molecule has 0 rings (SSSR count). The molecule has 12 heteroatoms. The van der Waals surface area contributed by atoms with E-state index in [9.17, 15) is 15.3 Å². The first kappa shape index (κ1) is 35.7. The van der Waals surface area contributed by atoms with E-state index < -0.39 is 18.3 Å². The van der Waals surface area contributed by atoms with Crippen LogP contribution in [0.5, 0.6) is 0 Å². The molecule has 0 aliphatic rings. The van der Waals surface area contributed by atoms with Crippen LogP contribution in [0.3, 0.4) is 0 Å². The van der Waals surface area contributed by atoms with Gasteiger partial charge in [0.05, 0.1) is 58.0 Å². The van der Waals surface area contributed by atoms with Crippen molar-refractivity contribution in [3.63, 3.8) is 0 Å². The van der Waals surface area contributed by atoms with Crippen LogP contribution in [0.2, 0.25) is 0 Å². The van der Waals surface area contributed by atoms with Gasteiger partial charge in [-0.1, -0.05) is 6.92 Å². The zero-order valence-electron chi connectivity index (χ0n) is 21.1. The van der Waals surface area contributed by atoms with Crippen LogP contribution >= 0.6 is 37.9 Å². The molecule has 0 bridgehead atoms. The van der Waals surface area contributed by atoms with Gasteiger partial charge in [-0.3, -0.25) is 0 Å². The van der Waals surface area contributed by atoms with Gasteiger partial charge in [-0.25, -0.2) is 0 Å². The van der Waals surface area contributed by atoms with Gasteiger partial charge in [-0.2, -0.15) is 37.9 Å². The van der Waals surface area contributed by atoms with Gasteiger partial charge in [-0.15, -0.1) is 0 Å². The molecule has 0 aliphatic heterocycles. The zero-order valence-corrected chi connectivity index (χ0v) is 23.8. The van der Waals surface area contributed by atoms with Crippen LogP contribution in [0, 0.1) is 5.41 Å². The molecule has 0 aromatic heterocycles. The van der Waals surface area contributed by atoms with E-state index in [-0.39, 0.29) is 25.2 Å². The van der Waals surface area contributed by atoms with Crippen LogP contribution in [-0.4, -0.2) is 130 Å². The van der Waals surface area contributed by atoms with Gasteiger partial charge in [0.25, 0.3) is 0 Å². The van der Waals surface area contributed by atoms with Crippen molar-refractivity contribution in [2.24, 2.45) is 5.41 Å². The van der Waals surface area contributed by atoms with Crippen molar-refractivity contribution in [2.45, 2.75) is 44.5 Å². The molecule has 0 aromatic rings. The Morgan fingerprint density at radius 3 is 1.03 bits per heavy atom. The third-order valence-corrected chi connectivity index (χ3v) is 5.91. The molecule has 0 aromatic carbocycles. The normalized spacial score (nSPS) is 16.2. The molecule has 3 atom stereocenters. The minimum absolute atomic E-state index is 0.275. The van der Waals surface area contributed by atoms with E-state index >= 15 is 0 Å². The molecular formula is C23H48O9S3. The summed E-state index contributed by atoms with van der Waals surface area (Å²) in [4.78, 5) is 0. The summed E-state index contributed by atoms with van der Waals surface area (Å²) in [5.74, 6) is 1.13. The lowest BCUT2D eigenvalue weighted by atomic mass is 9.94. The zero-order chi connectivity index (χ0) is 26.2. The van der Waals surface area contributed by atoms with Crippen LogP contribution in [0.1, 0.15) is 26.2 Å². The summed E-state index contributed by atoms with van der Waals surface area (Å²) in [6, 6.07) is 0. The Morgan fingerprint density at radius 1 is 0.514 bits per heavy atom. The molecule has 3 N–H and O–H groups in total. The summed E-state index contributed by atoms with van der Waals surface area (Å²) < 4.78 is 33.8. The second-order valence-corrected chi connectivity index (χ2v) is 9.86. The van der Waals surface area contributed by atoms with Gasteiger partial charge in [0.1, 0.15) is 0 Å². The SMILES string of the molecule is CC(COCCCOCC(O)CS)(COCCCOCC(O)CS)COCCCOCC(O)CS. The van der Waals surface area contributed by atoms with Crippen molar-refractivity contribution in [1.29, 1.82) is 0 Å². The molecule has 0 heterocycles.